The number of carbonyl (C=O) groups is 1. The zero-order valence-electron chi connectivity index (χ0n) is 10.1. The second kappa shape index (κ2) is 5.05. The van der Waals surface area contributed by atoms with E-state index in [0.717, 1.165) is 24.2 Å². The topological polar surface area (TPSA) is 83.8 Å². The number of anilines is 2. The van der Waals surface area contributed by atoms with Crippen LogP contribution in [0.15, 0.2) is 18.2 Å². The van der Waals surface area contributed by atoms with Crippen molar-refractivity contribution in [3.05, 3.63) is 41.1 Å². The van der Waals surface area contributed by atoms with Crippen molar-refractivity contribution < 1.29 is 13.6 Å². The van der Waals surface area contributed by atoms with Gasteiger partial charge in [0.05, 0.1) is 5.56 Å². The second-order valence-electron chi connectivity index (χ2n) is 3.94. The molecule has 0 bridgehead atoms. The van der Waals surface area contributed by atoms with Gasteiger partial charge < -0.3 is 11.1 Å². The predicted molar refractivity (Wildman–Crippen MR) is 66.7 cm³/mol. The first-order chi connectivity index (χ1) is 9.01. The number of hydrogen-bond donors (Lipinski definition) is 3. The summed E-state index contributed by atoms with van der Waals surface area (Å²) in [6.07, 6.45) is 0.732. The van der Waals surface area contributed by atoms with Gasteiger partial charge in [-0.25, -0.2) is 8.78 Å². The SMILES string of the molecule is CCc1cc(NC(=O)c2cc(F)c(F)cc2N)n[nH]1. The first-order valence-electron chi connectivity index (χ1n) is 5.61. The summed E-state index contributed by atoms with van der Waals surface area (Å²) in [5, 5.41) is 9.02. The van der Waals surface area contributed by atoms with E-state index in [4.69, 9.17) is 5.73 Å². The number of aromatic nitrogens is 2. The van der Waals surface area contributed by atoms with E-state index in [9.17, 15) is 13.6 Å². The summed E-state index contributed by atoms with van der Waals surface area (Å²) in [6.45, 7) is 1.92. The molecule has 4 N–H and O–H groups in total. The van der Waals surface area contributed by atoms with E-state index in [1.165, 1.54) is 0 Å². The molecule has 2 rings (SSSR count). The number of halogens is 2. The van der Waals surface area contributed by atoms with Crippen molar-refractivity contribution in [2.45, 2.75) is 13.3 Å². The summed E-state index contributed by atoms with van der Waals surface area (Å²) < 4.78 is 26.0. The summed E-state index contributed by atoms with van der Waals surface area (Å²) in [6, 6.07) is 3.17. The fraction of sp³-hybridized carbons (Fsp3) is 0.167. The number of benzene rings is 1. The average molecular weight is 266 g/mol. The first-order valence-corrected chi connectivity index (χ1v) is 5.61. The Balaban J connectivity index is 2.22. The zero-order valence-corrected chi connectivity index (χ0v) is 10.1. The molecule has 0 aliphatic carbocycles. The Hall–Kier alpha value is -2.44. The molecule has 1 amide bonds. The van der Waals surface area contributed by atoms with Crippen LogP contribution in [-0.4, -0.2) is 16.1 Å². The van der Waals surface area contributed by atoms with Gasteiger partial charge in [0.1, 0.15) is 0 Å². The van der Waals surface area contributed by atoms with Crippen LogP contribution >= 0.6 is 0 Å². The van der Waals surface area contributed by atoms with Crippen LogP contribution in [-0.2, 0) is 6.42 Å². The molecule has 0 saturated heterocycles. The molecular formula is C12H12F2N4O. The highest BCUT2D eigenvalue weighted by atomic mass is 19.2. The number of aryl methyl sites for hydroxylation is 1. The number of nitrogens with one attached hydrogen (secondary N) is 2. The lowest BCUT2D eigenvalue weighted by Gasteiger charge is -2.06. The first kappa shape index (κ1) is 13.0. The third-order valence-electron chi connectivity index (χ3n) is 2.59. The maximum Gasteiger partial charge on any atom is 0.259 e. The molecular weight excluding hydrogens is 254 g/mol. The number of H-pyrrole nitrogens is 1. The van der Waals surface area contributed by atoms with Crippen LogP contribution in [0.4, 0.5) is 20.3 Å². The van der Waals surface area contributed by atoms with Crippen molar-refractivity contribution in [2.75, 3.05) is 11.1 Å². The van der Waals surface area contributed by atoms with Gasteiger partial charge in [0.15, 0.2) is 17.5 Å². The van der Waals surface area contributed by atoms with Crippen molar-refractivity contribution in [1.82, 2.24) is 10.2 Å². The number of aromatic amines is 1. The highest BCUT2D eigenvalue weighted by Gasteiger charge is 2.15. The Bertz CT molecular complexity index is 624. The Morgan fingerprint density at radius 3 is 2.68 bits per heavy atom. The van der Waals surface area contributed by atoms with Crippen LogP contribution in [0.5, 0.6) is 0 Å². The van der Waals surface area contributed by atoms with E-state index in [0.29, 0.717) is 5.82 Å². The summed E-state index contributed by atoms with van der Waals surface area (Å²) in [4.78, 5) is 11.9. The molecule has 0 atom stereocenters. The Morgan fingerprint density at radius 1 is 1.37 bits per heavy atom. The number of nitrogens with two attached hydrogens (primary N) is 1. The molecule has 7 heteroatoms. The van der Waals surface area contributed by atoms with Crippen molar-refractivity contribution in [3.8, 4) is 0 Å². The van der Waals surface area contributed by atoms with Crippen LogP contribution in [0.3, 0.4) is 0 Å². The quantitative estimate of drug-likeness (QED) is 0.744. The van der Waals surface area contributed by atoms with E-state index in [1.54, 1.807) is 6.07 Å². The lowest BCUT2D eigenvalue weighted by molar-refractivity contribution is 0.102. The molecule has 0 fully saturated rings. The largest absolute Gasteiger partial charge is 0.398 e. The van der Waals surface area contributed by atoms with Crippen LogP contribution in [0.1, 0.15) is 23.0 Å². The number of carbonyl (C=O) groups excluding carboxylic acids is 1. The number of rotatable bonds is 3. The van der Waals surface area contributed by atoms with E-state index in [1.807, 2.05) is 6.92 Å². The molecule has 1 heterocycles. The molecule has 19 heavy (non-hydrogen) atoms. The molecule has 0 radical (unpaired) electrons. The molecule has 100 valence electrons. The standard InChI is InChI=1S/C12H12F2N4O/c1-2-6-3-11(18-17-6)16-12(19)7-4-8(13)9(14)5-10(7)15/h3-5H,2,15H2,1H3,(H2,16,17,18,19). The summed E-state index contributed by atoms with van der Waals surface area (Å²) in [7, 11) is 0. The van der Waals surface area contributed by atoms with E-state index < -0.39 is 17.5 Å². The molecule has 0 aliphatic rings. The molecule has 0 spiro atoms. The Labute approximate surface area is 107 Å². The smallest absolute Gasteiger partial charge is 0.259 e. The van der Waals surface area contributed by atoms with Crippen molar-refractivity contribution in [3.63, 3.8) is 0 Å². The maximum atomic E-state index is 13.1. The molecule has 0 aliphatic heterocycles. The zero-order chi connectivity index (χ0) is 14.0. The van der Waals surface area contributed by atoms with Gasteiger partial charge in [0.25, 0.3) is 5.91 Å². The normalized spacial score (nSPS) is 10.5. The molecule has 0 saturated carbocycles. The number of nitrogen functional groups attached to an aromatic ring is 1. The highest BCUT2D eigenvalue weighted by Crippen LogP contribution is 2.18. The maximum absolute atomic E-state index is 13.1. The summed E-state index contributed by atoms with van der Waals surface area (Å²) >= 11 is 0. The summed E-state index contributed by atoms with van der Waals surface area (Å²) in [5.41, 5.74) is 6.05. The average Bonchev–Trinajstić information content (AvgIpc) is 2.81. The van der Waals surface area contributed by atoms with Crippen LogP contribution in [0.25, 0.3) is 0 Å². The minimum Gasteiger partial charge on any atom is -0.398 e. The van der Waals surface area contributed by atoms with Gasteiger partial charge in [-0.1, -0.05) is 6.92 Å². The third-order valence-corrected chi connectivity index (χ3v) is 2.59. The molecule has 0 unspecified atom stereocenters. The van der Waals surface area contributed by atoms with Gasteiger partial charge in [0.2, 0.25) is 0 Å². The highest BCUT2D eigenvalue weighted by molar-refractivity contribution is 6.07. The molecule has 2 aromatic rings. The Kier molecular flexibility index (Phi) is 3.46. The van der Waals surface area contributed by atoms with Crippen LogP contribution in [0, 0.1) is 11.6 Å². The van der Waals surface area contributed by atoms with E-state index in [-0.39, 0.29) is 11.3 Å². The molecule has 5 nitrogen and oxygen atoms in total. The lowest BCUT2D eigenvalue weighted by Crippen LogP contribution is -2.15. The van der Waals surface area contributed by atoms with Crippen LogP contribution < -0.4 is 11.1 Å². The fourth-order valence-corrected chi connectivity index (χ4v) is 1.55. The van der Waals surface area contributed by atoms with E-state index >= 15 is 0 Å². The van der Waals surface area contributed by atoms with Gasteiger partial charge >= 0.3 is 0 Å². The predicted octanol–water partition coefficient (Wildman–Crippen LogP) is 2.08. The van der Waals surface area contributed by atoms with Crippen LogP contribution in [0.2, 0.25) is 0 Å². The number of amides is 1. The minimum atomic E-state index is -1.13. The minimum absolute atomic E-state index is 0.136. The fourth-order valence-electron chi connectivity index (χ4n) is 1.55. The van der Waals surface area contributed by atoms with Crippen molar-refractivity contribution in [1.29, 1.82) is 0 Å². The molecule has 1 aromatic carbocycles. The van der Waals surface area contributed by atoms with Crippen molar-refractivity contribution in [2.24, 2.45) is 0 Å². The van der Waals surface area contributed by atoms with E-state index in [2.05, 4.69) is 15.5 Å². The monoisotopic (exact) mass is 266 g/mol. The number of nitrogens with zero attached hydrogens (tertiary/aromatic N) is 1. The van der Waals surface area contributed by atoms with Gasteiger partial charge in [0, 0.05) is 23.5 Å². The van der Waals surface area contributed by atoms with Gasteiger partial charge in [-0.15, -0.1) is 0 Å². The van der Waals surface area contributed by atoms with Gasteiger partial charge in [-0.3, -0.25) is 9.89 Å². The number of hydrogen-bond acceptors (Lipinski definition) is 3. The third kappa shape index (κ3) is 2.70. The Morgan fingerprint density at radius 2 is 2.05 bits per heavy atom. The lowest BCUT2D eigenvalue weighted by atomic mass is 10.1. The van der Waals surface area contributed by atoms with Gasteiger partial charge in [-0.05, 0) is 12.5 Å². The molecule has 1 aromatic heterocycles. The summed E-state index contributed by atoms with van der Waals surface area (Å²) in [5.74, 6) is -2.57. The van der Waals surface area contributed by atoms with Crippen molar-refractivity contribution >= 4 is 17.4 Å². The van der Waals surface area contributed by atoms with Gasteiger partial charge in [-0.2, -0.15) is 5.10 Å². The second-order valence-corrected chi connectivity index (χ2v) is 3.94.